The van der Waals surface area contributed by atoms with E-state index in [2.05, 4.69) is 16.9 Å². The van der Waals surface area contributed by atoms with Crippen LogP contribution >= 0.6 is 0 Å². The van der Waals surface area contributed by atoms with Crippen molar-refractivity contribution in [2.75, 3.05) is 26.4 Å². The molecule has 0 bridgehead atoms. The van der Waals surface area contributed by atoms with Crippen molar-refractivity contribution in [2.24, 2.45) is 0 Å². The maximum Gasteiger partial charge on any atom is 0.211 e. The van der Waals surface area contributed by atoms with Gasteiger partial charge in [-0.2, -0.15) is 4.31 Å². The Bertz CT molecular complexity index is 863. The van der Waals surface area contributed by atoms with E-state index in [9.17, 15) is 12.8 Å². The SMILES string of the molecule is CN1CCC2C1C(c1c[nH]c3cc(F)ccc13)CN2S(C)(=O)=O. The van der Waals surface area contributed by atoms with Crippen LogP contribution in [0.4, 0.5) is 4.39 Å². The van der Waals surface area contributed by atoms with Crippen molar-refractivity contribution in [2.45, 2.75) is 24.4 Å². The highest BCUT2D eigenvalue weighted by molar-refractivity contribution is 7.88. The third-order valence-corrected chi connectivity index (χ3v) is 6.61. The molecule has 2 aromatic rings. The first-order chi connectivity index (χ1) is 10.9. The topological polar surface area (TPSA) is 56.4 Å². The fourth-order valence-corrected chi connectivity index (χ4v) is 5.52. The quantitative estimate of drug-likeness (QED) is 0.908. The molecule has 1 aromatic heterocycles. The maximum atomic E-state index is 13.4. The van der Waals surface area contributed by atoms with E-state index in [-0.39, 0.29) is 23.8 Å². The van der Waals surface area contributed by atoms with Gasteiger partial charge >= 0.3 is 0 Å². The average Bonchev–Trinajstić information content (AvgIpc) is 3.12. The highest BCUT2D eigenvalue weighted by Crippen LogP contribution is 2.43. The van der Waals surface area contributed by atoms with Gasteiger partial charge in [0.15, 0.2) is 0 Å². The smallest absolute Gasteiger partial charge is 0.211 e. The Balaban J connectivity index is 1.81. The minimum Gasteiger partial charge on any atom is -0.361 e. The molecule has 0 amide bonds. The van der Waals surface area contributed by atoms with Crippen molar-refractivity contribution >= 4 is 20.9 Å². The van der Waals surface area contributed by atoms with Gasteiger partial charge in [0.05, 0.1) is 6.26 Å². The van der Waals surface area contributed by atoms with Crippen LogP contribution in [0.1, 0.15) is 17.9 Å². The van der Waals surface area contributed by atoms with E-state index in [4.69, 9.17) is 0 Å². The average molecular weight is 337 g/mol. The Morgan fingerprint density at radius 1 is 1.35 bits per heavy atom. The molecule has 4 rings (SSSR count). The Morgan fingerprint density at radius 2 is 2.13 bits per heavy atom. The molecule has 2 saturated heterocycles. The first kappa shape index (κ1) is 15.1. The van der Waals surface area contributed by atoms with Crippen LogP contribution in [-0.2, 0) is 10.0 Å². The normalized spacial score (nSPS) is 29.4. The number of likely N-dealkylation sites (N-methyl/N-ethyl adjacent to an activating group) is 1. The van der Waals surface area contributed by atoms with Crippen LogP contribution in [0.3, 0.4) is 0 Å². The van der Waals surface area contributed by atoms with Gasteiger partial charge in [0, 0.05) is 41.6 Å². The number of aromatic nitrogens is 1. The fraction of sp³-hybridized carbons (Fsp3) is 0.500. The molecule has 124 valence electrons. The lowest BCUT2D eigenvalue weighted by molar-refractivity contribution is 0.284. The summed E-state index contributed by atoms with van der Waals surface area (Å²) in [5, 5.41) is 0.978. The van der Waals surface area contributed by atoms with Gasteiger partial charge in [0.1, 0.15) is 5.82 Å². The third-order valence-electron chi connectivity index (χ3n) is 5.34. The van der Waals surface area contributed by atoms with E-state index < -0.39 is 10.0 Å². The highest BCUT2D eigenvalue weighted by Gasteiger charge is 2.51. The Kier molecular flexibility index (Phi) is 3.30. The zero-order valence-corrected chi connectivity index (χ0v) is 14.0. The number of rotatable bonds is 2. The van der Waals surface area contributed by atoms with E-state index in [1.54, 1.807) is 10.4 Å². The zero-order chi connectivity index (χ0) is 16.4. The minimum atomic E-state index is -3.23. The van der Waals surface area contributed by atoms with Gasteiger partial charge in [-0.15, -0.1) is 0 Å². The molecule has 0 spiro atoms. The summed E-state index contributed by atoms with van der Waals surface area (Å²) in [5.41, 5.74) is 1.84. The van der Waals surface area contributed by atoms with Gasteiger partial charge in [-0.3, -0.25) is 0 Å². The number of nitrogens with zero attached hydrogens (tertiary/aromatic N) is 2. The molecule has 0 aliphatic carbocycles. The number of hydrogen-bond donors (Lipinski definition) is 1. The molecule has 3 unspecified atom stereocenters. The Morgan fingerprint density at radius 3 is 2.87 bits per heavy atom. The van der Waals surface area contributed by atoms with Crippen LogP contribution < -0.4 is 0 Å². The summed E-state index contributed by atoms with van der Waals surface area (Å²) in [6.07, 6.45) is 4.06. The zero-order valence-electron chi connectivity index (χ0n) is 13.2. The summed E-state index contributed by atoms with van der Waals surface area (Å²) in [7, 11) is -1.17. The second-order valence-corrected chi connectivity index (χ2v) is 8.64. The summed E-state index contributed by atoms with van der Waals surface area (Å²) < 4.78 is 39.4. The third kappa shape index (κ3) is 2.29. The molecule has 3 heterocycles. The van der Waals surface area contributed by atoms with Gasteiger partial charge < -0.3 is 9.88 Å². The fourth-order valence-electron chi connectivity index (χ4n) is 4.37. The Labute approximate surface area is 135 Å². The van der Waals surface area contributed by atoms with Crippen molar-refractivity contribution in [3.8, 4) is 0 Å². The first-order valence-electron chi connectivity index (χ1n) is 7.80. The van der Waals surface area contributed by atoms with Gasteiger partial charge in [0.2, 0.25) is 10.0 Å². The maximum absolute atomic E-state index is 13.4. The molecule has 1 N–H and O–H groups in total. The number of hydrogen-bond acceptors (Lipinski definition) is 3. The van der Waals surface area contributed by atoms with Gasteiger partial charge in [-0.25, -0.2) is 12.8 Å². The monoisotopic (exact) mass is 337 g/mol. The number of likely N-dealkylation sites (tertiary alicyclic amines) is 1. The lowest BCUT2D eigenvalue weighted by Gasteiger charge is -2.24. The summed E-state index contributed by atoms with van der Waals surface area (Å²) in [6, 6.07) is 4.93. The van der Waals surface area contributed by atoms with E-state index >= 15 is 0 Å². The summed E-state index contributed by atoms with van der Waals surface area (Å²) in [6.45, 7) is 1.39. The van der Waals surface area contributed by atoms with E-state index in [1.165, 1.54) is 18.4 Å². The van der Waals surface area contributed by atoms with Crippen LogP contribution in [0.2, 0.25) is 0 Å². The van der Waals surface area contributed by atoms with Crippen molar-refractivity contribution in [1.29, 1.82) is 0 Å². The molecule has 0 radical (unpaired) electrons. The summed E-state index contributed by atoms with van der Waals surface area (Å²) >= 11 is 0. The lowest BCUT2D eigenvalue weighted by Crippen LogP contribution is -2.38. The van der Waals surface area contributed by atoms with E-state index in [0.717, 1.165) is 29.4 Å². The molecule has 2 fully saturated rings. The molecule has 2 aliphatic heterocycles. The largest absolute Gasteiger partial charge is 0.361 e. The number of halogens is 1. The minimum absolute atomic E-state index is 0.0328. The number of H-pyrrole nitrogens is 1. The van der Waals surface area contributed by atoms with Crippen molar-refractivity contribution in [3.05, 3.63) is 35.8 Å². The van der Waals surface area contributed by atoms with Crippen molar-refractivity contribution < 1.29 is 12.8 Å². The number of nitrogens with one attached hydrogen (secondary N) is 1. The number of fused-ring (bicyclic) bond motifs is 2. The van der Waals surface area contributed by atoms with Gasteiger partial charge in [-0.05, 0) is 43.8 Å². The van der Waals surface area contributed by atoms with Crippen LogP contribution in [0.15, 0.2) is 24.4 Å². The highest BCUT2D eigenvalue weighted by atomic mass is 32.2. The Hall–Kier alpha value is -1.44. The van der Waals surface area contributed by atoms with Crippen molar-refractivity contribution in [3.63, 3.8) is 0 Å². The summed E-state index contributed by atoms with van der Waals surface area (Å²) in [4.78, 5) is 5.38. The summed E-state index contributed by atoms with van der Waals surface area (Å²) in [5.74, 6) is -0.174. The second-order valence-electron chi connectivity index (χ2n) is 6.70. The molecule has 5 nitrogen and oxygen atoms in total. The number of sulfonamides is 1. The van der Waals surface area contributed by atoms with Gasteiger partial charge in [0.25, 0.3) is 0 Å². The molecule has 0 saturated carbocycles. The van der Waals surface area contributed by atoms with Crippen molar-refractivity contribution in [1.82, 2.24) is 14.2 Å². The van der Waals surface area contributed by atoms with E-state index in [0.29, 0.717) is 6.54 Å². The lowest BCUT2D eigenvalue weighted by atomic mass is 9.91. The first-order valence-corrected chi connectivity index (χ1v) is 9.64. The predicted molar refractivity (Wildman–Crippen MR) is 87.4 cm³/mol. The molecule has 3 atom stereocenters. The van der Waals surface area contributed by atoms with Crippen LogP contribution in [0.5, 0.6) is 0 Å². The molecular formula is C16H20FN3O2S. The predicted octanol–water partition coefficient (Wildman–Crippen LogP) is 1.74. The molecule has 1 aromatic carbocycles. The van der Waals surface area contributed by atoms with Crippen LogP contribution in [-0.4, -0.2) is 61.1 Å². The molecular weight excluding hydrogens is 317 g/mol. The van der Waals surface area contributed by atoms with Crippen LogP contribution in [0, 0.1) is 5.82 Å². The molecule has 2 aliphatic rings. The standard InChI is InChI=1S/C16H20FN3O2S/c1-19-6-5-15-16(19)13(9-20(15)23(2,21)22)12-8-18-14-7-10(17)3-4-11(12)14/h3-4,7-8,13,15-16,18H,5-6,9H2,1-2H3. The van der Waals surface area contributed by atoms with Gasteiger partial charge in [-0.1, -0.05) is 0 Å². The number of aromatic amines is 1. The second kappa shape index (κ2) is 5.03. The molecule has 7 heteroatoms. The molecule has 23 heavy (non-hydrogen) atoms. The number of benzene rings is 1. The van der Waals surface area contributed by atoms with Crippen LogP contribution in [0.25, 0.3) is 10.9 Å². The van der Waals surface area contributed by atoms with E-state index in [1.807, 2.05) is 6.20 Å².